The molecule has 0 saturated carbocycles. The smallest absolute Gasteiger partial charge is 0.0569 e. The van der Waals surface area contributed by atoms with Gasteiger partial charge in [0.2, 0.25) is 0 Å². The van der Waals surface area contributed by atoms with Crippen molar-refractivity contribution >= 4 is 17.3 Å². The minimum absolute atomic E-state index is 0.102. The van der Waals surface area contributed by atoms with Crippen LogP contribution in [0.2, 0.25) is 5.02 Å². The quantitative estimate of drug-likeness (QED) is 0.828. The maximum Gasteiger partial charge on any atom is 0.0569 e. The average molecular weight is 246 g/mol. The van der Waals surface area contributed by atoms with Gasteiger partial charge < -0.3 is 5.32 Å². The Balaban J connectivity index is 2.20. The lowest BCUT2D eigenvalue weighted by Gasteiger charge is -2.28. The molecular weight excluding hydrogens is 230 g/mol. The second-order valence-corrected chi connectivity index (χ2v) is 5.06. The lowest BCUT2D eigenvalue weighted by atomic mass is 9.94. The van der Waals surface area contributed by atoms with Gasteiger partial charge in [0.25, 0.3) is 0 Å². The summed E-state index contributed by atoms with van der Waals surface area (Å²) in [5.74, 6) is 0. The summed E-state index contributed by atoms with van der Waals surface area (Å²) in [6.45, 7) is 4.33. The molecule has 0 radical (unpaired) electrons. The monoisotopic (exact) mass is 245 g/mol. The summed E-state index contributed by atoms with van der Waals surface area (Å²) in [5, 5.41) is 4.26. The van der Waals surface area contributed by atoms with Crippen LogP contribution in [0.3, 0.4) is 0 Å². The molecule has 2 rings (SSSR count). The van der Waals surface area contributed by atoms with E-state index in [1.807, 2.05) is 30.3 Å². The maximum atomic E-state index is 5.87. The Kier molecular flexibility index (Phi) is 3.39. The first kappa shape index (κ1) is 12.0. The molecule has 17 heavy (non-hydrogen) atoms. The van der Waals surface area contributed by atoms with E-state index in [1.54, 1.807) is 0 Å². The zero-order chi connectivity index (χ0) is 12.3. The Morgan fingerprint density at radius 2 is 1.47 bits per heavy atom. The van der Waals surface area contributed by atoms with E-state index in [0.29, 0.717) is 0 Å². The largest absolute Gasteiger partial charge is 0.376 e. The number of anilines is 1. The van der Waals surface area contributed by atoms with Gasteiger partial charge in [0, 0.05) is 10.7 Å². The van der Waals surface area contributed by atoms with Crippen LogP contribution in [-0.2, 0) is 5.54 Å². The van der Waals surface area contributed by atoms with Crippen molar-refractivity contribution in [3.05, 3.63) is 65.2 Å². The fourth-order valence-electron chi connectivity index (χ4n) is 1.82. The number of rotatable bonds is 3. The van der Waals surface area contributed by atoms with E-state index >= 15 is 0 Å². The zero-order valence-electron chi connectivity index (χ0n) is 10.1. The molecule has 0 unspecified atom stereocenters. The molecule has 0 atom stereocenters. The van der Waals surface area contributed by atoms with Gasteiger partial charge in [-0.1, -0.05) is 41.9 Å². The van der Waals surface area contributed by atoms with E-state index in [9.17, 15) is 0 Å². The summed E-state index contributed by atoms with van der Waals surface area (Å²) in [6.07, 6.45) is 0. The van der Waals surface area contributed by atoms with Crippen LogP contribution in [0.15, 0.2) is 54.6 Å². The van der Waals surface area contributed by atoms with E-state index in [0.717, 1.165) is 10.7 Å². The summed E-state index contributed by atoms with van der Waals surface area (Å²) in [7, 11) is 0. The van der Waals surface area contributed by atoms with Crippen molar-refractivity contribution in [2.24, 2.45) is 0 Å². The Morgan fingerprint density at radius 1 is 0.882 bits per heavy atom. The van der Waals surface area contributed by atoms with Crippen molar-refractivity contribution in [3.8, 4) is 0 Å². The van der Waals surface area contributed by atoms with E-state index in [2.05, 4.69) is 43.4 Å². The topological polar surface area (TPSA) is 12.0 Å². The Hall–Kier alpha value is -1.47. The highest BCUT2D eigenvalue weighted by Gasteiger charge is 2.19. The van der Waals surface area contributed by atoms with Gasteiger partial charge in [-0.2, -0.15) is 0 Å². The second kappa shape index (κ2) is 4.80. The predicted molar refractivity (Wildman–Crippen MR) is 74.5 cm³/mol. The van der Waals surface area contributed by atoms with E-state index in [-0.39, 0.29) is 5.54 Å². The SMILES string of the molecule is CC(C)(Nc1ccc(Cl)cc1)c1ccccc1. The second-order valence-electron chi connectivity index (χ2n) is 4.62. The van der Waals surface area contributed by atoms with Crippen LogP contribution < -0.4 is 5.32 Å². The van der Waals surface area contributed by atoms with Gasteiger partial charge in [-0.05, 0) is 43.7 Å². The third-order valence-corrected chi connectivity index (χ3v) is 3.05. The van der Waals surface area contributed by atoms with Crippen LogP contribution in [0.5, 0.6) is 0 Å². The van der Waals surface area contributed by atoms with E-state index in [4.69, 9.17) is 11.6 Å². The molecule has 0 bridgehead atoms. The third-order valence-electron chi connectivity index (χ3n) is 2.80. The summed E-state index contributed by atoms with van der Waals surface area (Å²) < 4.78 is 0. The molecule has 0 saturated heterocycles. The molecule has 0 aromatic heterocycles. The van der Waals surface area contributed by atoms with Crippen molar-refractivity contribution < 1.29 is 0 Å². The van der Waals surface area contributed by atoms with Gasteiger partial charge in [-0.15, -0.1) is 0 Å². The molecule has 0 aliphatic carbocycles. The van der Waals surface area contributed by atoms with Gasteiger partial charge >= 0.3 is 0 Å². The first-order chi connectivity index (χ1) is 8.08. The first-order valence-electron chi connectivity index (χ1n) is 5.67. The minimum Gasteiger partial charge on any atom is -0.376 e. The van der Waals surface area contributed by atoms with Crippen molar-refractivity contribution in [1.82, 2.24) is 0 Å². The fourth-order valence-corrected chi connectivity index (χ4v) is 1.95. The minimum atomic E-state index is -0.102. The van der Waals surface area contributed by atoms with Crippen molar-refractivity contribution in [2.45, 2.75) is 19.4 Å². The summed E-state index contributed by atoms with van der Waals surface area (Å²) in [4.78, 5) is 0. The Bertz CT molecular complexity index is 474. The molecule has 0 aliphatic heterocycles. The average Bonchev–Trinajstić information content (AvgIpc) is 2.33. The van der Waals surface area contributed by atoms with Crippen molar-refractivity contribution in [1.29, 1.82) is 0 Å². The molecule has 0 spiro atoms. The number of halogens is 1. The first-order valence-corrected chi connectivity index (χ1v) is 6.05. The molecule has 1 nitrogen and oxygen atoms in total. The lowest BCUT2D eigenvalue weighted by Crippen LogP contribution is -2.27. The summed E-state index contributed by atoms with van der Waals surface area (Å²) in [5.41, 5.74) is 2.23. The lowest BCUT2D eigenvalue weighted by molar-refractivity contribution is 0.609. The Morgan fingerprint density at radius 3 is 2.06 bits per heavy atom. The predicted octanol–water partition coefficient (Wildman–Crippen LogP) is 4.69. The fraction of sp³-hybridized carbons (Fsp3) is 0.200. The molecule has 0 heterocycles. The normalized spacial score (nSPS) is 11.2. The number of nitrogens with one attached hydrogen (secondary N) is 1. The molecule has 2 aromatic rings. The molecule has 0 aliphatic rings. The zero-order valence-corrected chi connectivity index (χ0v) is 10.8. The van der Waals surface area contributed by atoms with Crippen molar-refractivity contribution in [2.75, 3.05) is 5.32 Å². The van der Waals surface area contributed by atoms with Crippen LogP contribution in [0.1, 0.15) is 19.4 Å². The third kappa shape index (κ3) is 3.01. The highest BCUT2D eigenvalue weighted by molar-refractivity contribution is 6.30. The van der Waals surface area contributed by atoms with Gasteiger partial charge in [-0.25, -0.2) is 0 Å². The van der Waals surface area contributed by atoms with Gasteiger partial charge in [-0.3, -0.25) is 0 Å². The summed E-state index contributed by atoms with van der Waals surface area (Å²) in [6, 6.07) is 18.2. The molecule has 1 N–H and O–H groups in total. The van der Waals surface area contributed by atoms with Crippen LogP contribution in [0.25, 0.3) is 0 Å². The highest BCUT2D eigenvalue weighted by atomic mass is 35.5. The van der Waals surface area contributed by atoms with E-state index < -0.39 is 0 Å². The number of hydrogen-bond acceptors (Lipinski definition) is 1. The number of benzene rings is 2. The standard InChI is InChI=1S/C15H16ClN/c1-15(2,12-6-4-3-5-7-12)17-14-10-8-13(16)9-11-14/h3-11,17H,1-2H3. The van der Waals surface area contributed by atoms with Crippen LogP contribution in [0, 0.1) is 0 Å². The molecular formula is C15H16ClN. The van der Waals surface area contributed by atoms with Crippen LogP contribution in [-0.4, -0.2) is 0 Å². The van der Waals surface area contributed by atoms with Crippen molar-refractivity contribution in [3.63, 3.8) is 0 Å². The summed E-state index contributed by atoms with van der Waals surface area (Å²) >= 11 is 5.87. The molecule has 88 valence electrons. The van der Waals surface area contributed by atoms with Gasteiger partial charge in [0.15, 0.2) is 0 Å². The van der Waals surface area contributed by atoms with Gasteiger partial charge in [0.1, 0.15) is 0 Å². The molecule has 2 aromatic carbocycles. The number of hydrogen-bond donors (Lipinski definition) is 1. The molecule has 0 amide bonds. The molecule has 2 heteroatoms. The van der Waals surface area contributed by atoms with E-state index in [1.165, 1.54) is 5.56 Å². The highest BCUT2D eigenvalue weighted by Crippen LogP contribution is 2.25. The van der Waals surface area contributed by atoms with Crippen LogP contribution >= 0.6 is 11.6 Å². The van der Waals surface area contributed by atoms with Gasteiger partial charge in [0.05, 0.1) is 5.54 Å². The van der Waals surface area contributed by atoms with Crippen LogP contribution in [0.4, 0.5) is 5.69 Å². The Labute approximate surface area is 107 Å². The molecule has 0 fully saturated rings. The maximum absolute atomic E-state index is 5.87.